The van der Waals surface area contributed by atoms with Crippen LogP contribution in [0.1, 0.15) is 23.2 Å². The van der Waals surface area contributed by atoms with Crippen LogP contribution in [0.5, 0.6) is 0 Å². The first kappa shape index (κ1) is 11.2. The van der Waals surface area contributed by atoms with Crippen LogP contribution >= 0.6 is 0 Å². The molecule has 0 aliphatic carbocycles. The monoisotopic (exact) mass is 219 g/mol. The zero-order chi connectivity index (χ0) is 11.4. The predicted molar refractivity (Wildman–Crippen MR) is 61.9 cm³/mol. The van der Waals surface area contributed by atoms with Gasteiger partial charge in [-0.15, -0.1) is 0 Å². The highest BCUT2D eigenvalue weighted by Crippen LogP contribution is 2.19. The van der Waals surface area contributed by atoms with Gasteiger partial charge in [0.05, 0.1) is 0 Å². The minimum Gasteiger partial charge on any atom is -0.294 e. The Hall–Kier alpha value is -1.26. The first-order valence-corrected chi connectivity index (χ1v) is 5.68. The van der Waals surface area contributed by atoms with Gasteiger partial charge in [0, 0.05) is 37.0 Å². The number of rotatable bonds is 3. The van der Waals surface area contributed by atoms with Crippen molar-refractivity contribution in [3.8, 4) is 0 Å². The van der Waals surface area contributed by atoms with Gasteiger partial charge in [0.1, 0.15) is 0 Å². The second-order valence-corrected chi connectivity index (χ2v) is 4.11. The summed E-state index contributed by atoms with van der Waals surface area (Å²) in [6.07, 6.45) is 5.39. The molecule has 2 rings (SSSR count). The number of nitrogens with zero attached hydrogens (tertiary/aromatic N) is 2. The van der Waals surface area contributed by atoms with Crippen molar-refractivity contribution in [3.05, 3.63) is 30.1 Å². The summed E-state index contributed by atoms with van der Waals surface area (Å²) in [5.41, 5.74) is 3.83. The molecule has 1 aromatic heterocycles. The van der Waals surface area contributed by atoms with Crippen molar-refractivity contribution in [2.45, 2.75) is 12.8 Å². The van der Waals surface area contributed by atoms with Gasteiger partial charge in [0.15, 0.2) is 5.78 Å². The molecule has 86 valence electrons. The lowest BCUT2D eigenvalue weighted by atomic mass is 9.91. The molecule has 1 fully saturated rings. The van der Waals surface area contributed by atoms with Crippen molar-refractivity contribution in [3.63, 3.8) is 0 Å². The third kappa shape index (κ3) is 2.46. The lowest BCUT2D eigenvalue weighted by molar-refractivity contribution is 0.0757. The van der Waals surface area contributed by atoms with E-state index in [1.807, 2.05) is 19.2 Å². The van der Waals surface area contributed by atoms with Crippen LogP contribution in [0.3, 0.4) is 0 Å². The summed E-state index contributed by atoms with van der Waals surface area (Å²) in [6, 6.07) is 3.65. The number of hydrogen-bond acceptors (Lipinski definition) is 4. The maximum atomic E-state index is 12.2. The number of hydrogen-bond donors (Lipinski definition) is 1. The molecule has 0 bridgehead atoms. The van der Waals surface area contributed by atoms with E-state index in [2.05, 4.69) is 15.4 Å². The maximum absolute atomic E-state index is 12.2. The smallest absolute Gasteiger partial charge is 0.168 e. The quantitative estimate of drug-likeness (QED) is 0.774. The third-order valence-electron chi connectivity index (χ3n) is 3.05. The number of nitrogens with one attached hydrogen (secondary N) is 1. The average Bonchev–Trinajstić information content (AvgIpc) is 2.39. The summed E-state index contributed by atoms with van der Waals surface area (Å²) < 4.78 is 0. The van der Waals surface area contributed by atoms with Gasteiger partial charge in [0.25, 0.3) is 0 Å². The number of pyridine rings is 1. The summed E-state index contributed by atoms with van der Waals surface area (Å²) in [5, 5.41) is 2.10. The van der Waals surface area contributed by atoms with Crippen LogP contribution in [0.25, 0.3) is 0 Å². The molecule has 1 unspecified atom stereocenters. The Morgan fingerprint density at radius 3 is 3.19 bits per heavy atom. The van der Waals surface area contributed by atoms with E-state index >= 15 is 0 Å². The zero-order valence-corrected chi connectivity index (χ0v) is 9.52. The molecule has 1 atom stereocenters. The summed E-state index contributed by atoms with van der Waals surface area (Å²) in [4.78, 5) is 16.2. The van der Waals surface area contributed by atoms with Crippen LogP contribution in [0, 0.1) is 5.92 Å². The lowest BCUT2D eigenvalue weighted by Crippen LogP contribution is -2.45. The summed E-state index contributed by atoms with van der Waals surface area (Å²) in [6.45, 7) is 1.82. The molecule has 0 aromatic carbocycles. The van der Waals surface area contributed by atoms with Crippen LogP contribution in [-0.2, 0) is 0 Å². The van der Waals surface area contributed by atoms with E-state index in [-0.39, 0.29) is 11.7 Å². The van der Waals surface area contributed by atoms with Crippen LogP contribution < -0.4 is 5.43 Å². The van der Waals surface area contributed by atoms with Crippen molar-refractivity contribution in [2.24, 2.45) is 5.92 Å². The Morgan fingerprint density at radius 1 is 1.62 bits per heavy atom. The van der Waals surface area contributed by atoms with Gasteiger partial charge in [-0.25, -0.2) is 5.01 Å². The summed E-state index contributed by atoms with van der Waals surface area (Å²) in [5.74, 6) is 0.318. The van der Waals surface area contributed by atoms with E-state index in [9.17, 15) is 4.79 Å². The minimum absolute atomic E-state index is 0.102. The number of Topliss-reactive ketones (excluding diaryl/α,β-unsaturated/α-hetero) is 1. The van der Waals surface area contributed by atoms with Gasteiger partial charge in [-0.05, 0) is 32.0 Å². The minimum atomic E-state index is 0.102. The van der Waals surface area contributed by atoms with Gasteiger partial charge in [-0.1, -0.05) is 0 Å². The van der Waals surface area contributed by atoms with Crippen molar-refractivity contribution >= 4 is 5.78 Å². The van der Waals surface area contributed by atoms with Crippen molar-refractivity contribution in [2.75, 3.05) is 20.1 Å². The molecule has 4 nitrogen and oxygen atoms in total. The molecule has 0 saturated carbocycles. The number of ketones is 1. The highest BCUT2D eigenvalue weighted by Gasteiger charge is 2.25. The van der Waals surface area contributed by atoms with E-state index in [0.29, 0.717) is 0 Å². The van der Waals surface area contributed by atoms with Crippen LogP contribution in [0.2, 0.25) is 0 Å². The molecule has 0 radical (unpaired) electrons. The summed E-state index contributed by atoms with van der Waals surface area (Å²) in [7, 11) is 1.90. The molecule has 0 amide bonds. The predicted octanol–water partition coefficient (Wildman–Crippen LogP) is 1.11. The van der Waals surface area contributed by atoms with Gasteiger partial charge in [0.2, 0.25) is 0 Å². The van der Waals surface area contributed by atoms with E-state index in [0.717, 1.165) is 31.5 Å². The number of piperidine rings is 1. The first-order chi connectivity index (χ1) is 7.81. The molecule has 1 aromatic rings. The van der Waals surface area contributed by atoms with Crippen LogP contribution in [0.15, 0.2) is 24.5 Å². The topological polar surface area (TPSA) is 45.2 Å². The molecule has 1 aliphatic rings. The molecular formula is C12H17N3O. The fourth-order valence-corrected chi connectivity index (χ4v) is 2.14. The van der Waals surface area contributed by atoms with Gasteiger partial charge in [-0.2, -0.15) is 0 Å². The Kier molecular flexibility index (Phi) is 3.64. The van der Waals surface area contributed by atoms with Crippen molar-refractivity contribution in [1.29, 1.82) is 0 Å². The SMILES string of the molecule is CNN1CCCC(C(=O)c2cccnc2)C1. The molecule has 2 heterocycles. The van der Waals surface area contributed by atoms with Gasteiger partial charge >= 0.3 is 0 Å². The van der Waals surface area contributed by atoms with Crippen molar-refractivity contribution < 1.29 is 4.79 Å². The highest BCUT2D eigenvalue weighted by atomic mass is 16.1. The second-order valence-electron chi connectivity index (χ2n) is 4.11. The maximum Gasteiger partial charge on any atom is 0.168 e. The number of hydrazine groups is 1. The van der Waals surface area contributed by atoms with E-state index < -0.39 is 0 Å². The Balaban J connectivity index is 2.05. The molecule has 4 heteroatoms. The molecule has 16 heavy (non-hydrogen) atoms. The average molecular weight is 219 g/mol. The summed E-state index contributed by atoms with van der Waals surface area (Å²) >= 11 is 0. The fourth-order valence-electron chi connectivity index (χ4n) is 2.14. The fraction of sp³-hybridized carbons (Fsp3) is 0.500. The van der Waals surface area contributed by atoms with Crippen molar-refractivity contribution in [1.82, 2.24) is 15.4 Å². The van der Waals surface area contributed by atoms with E-state index in [4.69, 9.17) is 0 Å². The van der Waals surface area contributed by atoms with Gasteiger partial charge in [-0.3, -0.25) is 15.2 Å². The number of carbonyl (C=O) groups excluding carboxylic acids is 1. The standard InChI is InChI=1S/C12H17N3O/c1-13-15-7-3-5-11(9-15)12(16)10-4-2-6-14-8-10/h2,4,6,8,11,13H,3,5,7,9H2,1H3. The van der Waals surface area contributed by atoms with E-state index in [1.54, 1.807) is 12.4 Å². The largest absolute Gasteiger partial charge is 0.294 e. The molecule has 1 saturated heterocycles. The Bertz CT molecular complexity index is 353. The Morgan fingerprint density at radius 2 is 2.50 bits per heavy atom. The highest BCUT2D eigenvalue weighted by molar-refractivity contribution is 5.97. The molecule has 0 spiro atoms. The Labute approximate surface area is 95.6 Å². The van der Waals surface area contributed by atoms with Gasteiger partial charge < -0.3 is 0 Å². The van der Waals surface area contributed by atoms with Crippen LogP contribution in [0.4, 0.5) is 0 Å². The zero-order valence-electron chi connectivity index (χ0n) is 9.52. The third-order valence-corrected chi connectivity index (χ3v) is 3.05. The molecule has 1 N–H and O–H groups in total. The first-order valence-electron chi connectivity index (χ1n) is 5.68. The van der Waals surface area contributed by atoms with Crippen LogP contribution in [-0.4, -0.2) is 35.9 Å². The second kappa shape index (κ2) is 5.18. The number of carbonyl (C=O) groups is 1. The number of aromatic nitrogens is 1. The lowest BCUT2D eigenvalue weighted by Gasteiger charge is -2.30. The molecular weight excluding hydrogens is 202 g/mol. The normalized spacial score (nSPS) is 21.9. The van der Waals surface area contributed by atoms with E-state index in [1.165, 1.54) is 0 Å². The molecule has 1 aliphatic heterocycles.